The molecular weight excluding hydrogens is 1900 g/mol. The van der Waals surface area contributed by atoms with Crippen LogP contribution in [0.3, 0.4) is 0 Å². The molecule has 6 aliphatic rings. The van der Waals surface area contributed by atoms with Gasteiger partial charge in [0.05, 0.1) is 13.2 Å². The molecule has 0 radical (unpaired) electrons. The Morgan fingerprint density at radius 3 is 0.575 bits per heavy atom. The predicted octanol–water partition coefficient (Wildman–Crippen LogP) is 16.7. The van der Waals surface area contributed by atoms with Crippen molar-refractivity contribution in [3.05, 3.63) is 187 Å². The van der Waals surface area contributed by atoms with Crippen LogP contribution in [0.4, 0.5) is 0 Å². The Hall–Kier alpha value is -3.03. The molecule has 6 saturated heterocycles. The van der Waals surface area contributed by atoms with E-state index in [9.17, 15) is 40.9 Å². The van der Waals surface area contributed by atoms with Gasteiger partial charge in [0, 0.05) is 132 Å². The summed E-state index contributed by atoms with van der Waals surface area (Å²) < 4.78 is 40.8. The Kier molecular flexibility index (Phi) is 62.5. The van der Waals surface area contributed by atoms with E-state index in [-0.39, 0.29) is 197 Å². The van der Waals surface area contributed by atoms with Crippen LogP contribution in [0.25, 0.3) is 0 Å². The van der Waals surface area contributed by atoms with Gasteiger partial charge in [-0.25, -0.2) is 0 Å². The Labute approximate surface area is 839 Å². The van der Waals surface area contributed by atoms with Gasteiger partial charge in [0.2, 0.25) is 0 Å². The fourth-order valence-electron chi connectivity index (χ4n) is 13.5. The average molecular weight is 2070 g/mol. The number of hydrogen-bond acceptors (Lipinski definition) is 18. The molecule has 0 aliphatic carbocycles. The molecule has 0 amide bonds. The summed E-state index contributed by atoms with van der Waals surface area (Å²) in [6.07, 6.45) is 15.3. The Balaban J connectivity index is 0.00000162. The second kappa shape index (κ2) is 64.1. The van der Waals surface area contributed by atoms with Gasteiger partial charge < -0.3 is 78.7 Å². The van der Waals surface area contributed by atoms with Crippen molar-refractivity contribution in [3.63, 3.8) is 0 Å². The third-order valence-electron chi connectivity index (χ3n) is 21.5. The van der Waals surface area contributed by atoms with E-state index in [1.54, 1.807) is 0 Å². The van der Waals surface area contributed by atoms with Crippen LogP contribution in [0.1, 0.15) is 321 Å². The third-order valence-corrected chi connectivity index (χ3v) is 21.5. The molecule has 18 nitrogen and oxygen atoms in total. The van der Waals surface area contributed by atoms with Gasteiger partial charge in [-0.05, 0) is 187 Å². The maximum Gasteiger partial charge on any atom is 3.00 e. The van der Waals surface area contributed by atoms with Crippen molar-refractivity contribution in [1.82, 2.24) is 9.80 Å². The third kappa shape index (κ3) is 51.5. The Bertz CT molecular complexity index is 3320. The minimum Gasteiger partial charge on any atom is -0.872 e. The van der Waals surface area contributed by atoms with E-state index in [2.05, 4.69) is 200 Å². The van der Waals surface area contributed by atoms with E-state index in [1.807, 2.05) is 84.9 Å². The predicted molar refractivity (Wildman–Crippen MR) is 493 cm³/mol. The minimum atomic E-state index is -0.292. The van der Waals surface area contributed by atoms with Gasteiger partial charge in [-0.15, -0.1) is 49.4 Å². The van der Waals surface area contributed by atoms with Crippen LogP contribution in [0.5, 0.6) is 23.0 Å². The number of rotatable bonds is 20. The molecule has 0 saturated carbocycles. The molecule has 0 atom stereocenters. The van der Waals surface area contributed by atoms with Gasteiger partial charge >= 0.3 is 90.7 Å². The van der Waals surface area contributed by atoms with Gasteiger partial charge in [-0.3, -0.25) is 9.80 Å². The minimum absolute atomic E-state index is 0. The first-order chi connectivity index (χ1) is 58.2. The van der Waals surface area contributed by atoms with Crippen molar-refractivity contribution in [2.45, 2.75) is 326 Å². The second-order valence-electron chi connectivity index (χ2n) is 41.3. The molecule has 6 aliphatic heterocycles. The number of ether oxygens (including phenoxy) is 8. The van der Waals surface area contributed by atoms with Gasteiger partial charge in [-0.2, -0.15) is 0 Å². The largest absolute Gasteiger partial charge is 3.00 e. The summed E-state index contributed by atoms with van der Waals surface area (Å²) >= 11 is 0. The van der Waals surface area contributed by atoms with E-state index in [0.29, 0.717) is 52.5 Å². The van der Waals surface area contributed by atoms with Crippen molar-refractivity contribution >= 4 is 0 Å². The summed E-state index contributed by atoms with van der Waals surface area (Å²) in [7, 11) is 0. The second-order valence-corrected chi connectivity index (χ2v) is 41.3. The fraction of sp³-hybridized carbons (Fsp3) is 0.660. The van der Waals surface area contributed by atoms with Crippen LogP contribution >= 0.6 is 0 Å². The van der Waals surface area contributed by atoms with Crippen molar-refractivity contribution in [2.24, 2.45) is 0 Å². The zero-order valence-electron chi connectivity index (χ0n) is 83.6. The van der Waals surface area contributed by atoms with Crippen molar-refractivity contribution in [2.75, 3.05) is 132 Å². The van der Waals surface area contributed by atoms with E-state index < -0.39 is 0 Å². The normalized spacial score (nSPS) is 15.0. The monoisotopic (exact) mass is 2060 g/mol. The van der Waals surface area contributed by atoms with E-state index >= 15 is 0 Å². The molecule has 0 spiro atoms. The maximum atomic E-state index is 13.7. The summed E-state index contributed by atoms with van der Waals surface area (Å²) in [6, 6.07) is 35.0. The van der Waals surface area contributed by atoms with Crippen molar-refractivity contribution < 1.29 is 169 Å². The van der Waals surface area contributed by atoms with Crippen LogP contribution in [0.15, 0.2) is 109 Å². The van der Waals surface area contributed by atoms with E-state index in [4.69, 9.17) is 37.9 Å². The van der Waals surface area contributed by atoms with Gasteiger partial charge in [-0.1, -0.05) is 286 Å². The summed E-state index contributed by atoms with van der Waals surface area (Å²) in [6.45, 7) is 65.6. The smallest absolute Gasteiger partial charge is 0.872 e. The average Bonchev–Trinajstić information content (AvgIpc) is 1.62. The molecule has 704 valence electrons. The van der Waals surface area contributed by atoms with Crippen LogP contribution < -0.4 is 40.9 Å². The Morgan fingerprint density at radius 1 is 0.268 bits per heavy atom. The van der Waals surface area contributed by atoms with Crippen molar-refractivity contribution in [3.8, 4) is 23.0 Å². The quantitative estimate of drug-likeness (QED) is 0.0508. The van der Waals surface area contributed by atoms with Crippen LogP contribution in [0.2, 0.25) is 0 Å². The molecular formula is C106H166La2N2O16Zn. The van der Waals surface area contributed by atoms with E-state index in [0.717, 1.165) is 157 Å². The first-order valence-electron chi connectivity index (χ1n) is 46.0. The molecule has 21 heteroatoms. The molecule has 6 aromatic rings. The Morgan fingerprint density at radius 2 is 0.449 bits per heavy atom. The molecule has 0 N–H and O–H groups in total. The molecule has 12 rings (SSSR count). The number of benzene rings is 6. The number of nitrogens with zero attached hydrogens (tertiary/aromatic N) is 2. The zero-order chi connectivity index (χ0) is 92.8. The number of hydrogen-bond donors (Lipinski definition) is 0. The van der Waals surface area contributed by atoms with Crippen molar-refractivity contribution in [1.29, 1.82) is 0 Å². The SMILES string of the molecule is C1CCOC1.C1CCOC1.C1CCOC1.C1CCOC1.C1CCOC1.C1CCOC1.CC(C)(C)c1cc(CN(CCOCC[O-])Cc2cc(C(C)(C)C)cc(C(C)(C)C)c2[O-])c([O-])c(C(C)(C)C)c1.CC(C)(C)c1cc(CN(CCOCC[O-])Cc2cc(C(C)(C)C)cc(C(C)(C)C)c2[O-])c([O-])c(C(C)(C)C)c1.[La+3].[La+3].[O-]Cc1ccccc1.[O-]Cc1ccccc1.[Zn+2]. The van der Waals surface area contributed by atoms with E-state index in [1.165, 1.54) is 77.0 Å². The molecule has 127 heavy (non-hydrogen) atoms. The first-order valence-corrected chi connectivity index (χ1v) is 46.0. The summed E-state index contributed by atoms with van der Waals surface area (Å²) in [4.78, 5) is 4.24. The van der Waals surface area contributed by atoms with Crippen LogP contribution in [-0.2, 0) is 140 Å². The van der Waals surface area contributed by atoms with Crippen LogP contribution in [-0.4, -0.2) is 142 Å². The summed E-state index contributed by atoms with van der Waals surface area (Å²) in [5, 5.41) is 97.1. The molecule has 0 bridgehead atoms. The molecule has 6 heterocycles. The fourth-order valence-corrected chi connectivity index (χ4v) is 13.5. The molecule has 6 aromatic carbocycles. The first kappa shape index (κ1) is 124. The summed E-state index contributed by atoms with van der Waals surface area (Å²) in [5.41, 5.74) is 10.7. The topological polar surface area (TPSA) is 265 Å². The zero-order valence-corrected chi connectivity index (χ0v) is 93.8. The molecule has 6 fully saturated rings. The molecule has 0 unspecified atom stereocenters. The van der Waals surface area contributed by atoms with Gasteiger partial charge in [0.25, 0.3) is 0 Å². The maximum absolute atomic E-state index is 13.7. The molecule has 0 aromatic heterocycles. The van der Waals surface area contributed by atoms with Crippen LogP contribution in [0, 0.1) is 71.2 Å². The van der Waals surface area contributed by atoms with Gasteiger partial charge in [0.1, 0.15) is 0 Å². The summed E-state index contributed by atoms with van der Waals surface area (Å²) in [5.74, 6) is 0.230. The van der Waals surface area contributed by atoms with Gasteiger partial charge in [0.15, 0.2) is 0 Å². The standard InChI is InChI=1S/2C34H54NO4.2C7H7O.6C4H8O.2La.Zn/c2*1-31(2,3)25-17-23(29(37)27(19-25)33(7,8)9)21-35(13-15-39-16-14-36)22-24-18-26(32(4,5)6)20-28(30(24)38)34(10,11)12;2*8-6-7-4-2-1-3-5-7;6*1-2-4-5-3-1;;;/h2*17-20,37-38H,13-16,21-22H2,1-12H3;2*1-5H,6H2;6*1-4H2;;;/q4*-1;;;;;;;2*+3;+2/p-4.